The Hall–Kier alpha value is -0.610. The van der Waals surface area contributed by atoms with Gasteiger partial charge in [0.15, 0.2) is 0 Å². The molecule has 1 saturated heterocycles. The fraction of sp³-hybridized carbons (Fsp3) is 0.889. The van der Waals surface area contributed by atoms with Gasteiger partial charge in [0.25, 0.3) is 0 Å². The maximum atomic E-state index is 10.8. The highest BCUT2D eigenvalue weighted by Crippen LogP contribution is 2.22. The Labute approximate surface area is 79.3 Å². The summed E-state index contributed by atoms with van der Waals surface area (Å²) < 4.78 is 0. The number of piperidine rings is 1. The number of rotatable bonds is 3. The summed E-state index contributed by atoms with van der Waals surface area (Å²) in [5.74, 6) is -0.285. The fourth-order valence-electron chi connectivity index (χ4n) is 1.84. The van der Waals surface area contributed by atoms with Gasteiger partial charge >= 0.3 is 0 Å². The zero-order valence-corrected chi connectivity index (χ0v) is 8.25. The van der Waals surface area contributed by atoms with Crippen LogP contribution in [0.25, 0.3) is 0 Å². The second-order valence-corrected chi connectivity index (χ2v) is 3.94. The van der Waals surface area contributed by atoms with Gasteiger partial charge in [-0.25, -0.2) is 0 Å². The Morgan fingerprint density at radius 1 is 1.46 bits per heavy atom. The Morgan fingerprint density at radius 3 is 2.38 bits per heavy atom. The topological polar surface area (TPSA) is 72.3 Å². The molecule has 1 amide bonds. The van der Waals surface area contributed by atoms with E-state index < -0.39 is 0 Å². The molecule has 1 rings (SSSR count). The smallest absolute Gasteiger partial charge is 0.219 e. The molecule has 0 aliphatic carbocycles. The molecule has 0 radical (unpaired) electrons. The van der Waals surface area contributed by atoms with Crippen molar-refractivity contribution in [2.24, 2.45) is 11.5 Å². The van der Waals surface area contributed by atoms with Crippen molar-refractivity contribution >= 4 is 5.91 Å². The van der Waals surface area contributed by atoms with Crippen molar-refractivity contribution in [2.75, 3.05) is 19.6 Å². The predicted molar refractivity (Wildman–Crippen MR) is 52.1 cm³/mol. The van der Waals surface area contributed by atoms with Crippen molar-refractivity contribution < 1.29 is 4.79 Å². The molecular weight excluding hydrogens is 166 g/mol. The minimum Gasteiger partial charge on any atom is -0.370 e. The van der Waals surface area contributed by atoms with Gasteiger partial charge in [-0.3, -0.25) is 4.79 Å². The van der Waals surface area contributed by atoms with Crippen LogP contribution in [0.3, 0.4) is 0 Å². The Kier molecular flexibility index (Phi) is 3.27. The van der Waals surface area contributed by atoms with Crippen LogP contribution in [0.5, 0.6) is 0 Å². The molecule has 0 bridgehead atoms. The number of hydrogen-bond acceptors (Lipinski definition) is 3. The lowest BCUT2D eigenvalue weighted by Gasteiger charge is -2.38. The summed E-state index contributed by atoms with van der Waals surface area (Å²) in [6, 6.07) is 0. The lowest BCUT2D eigenvalue weighted by molar-refractivity contribution is -0.119. The monoisotopic (exact) mass is 185 g/mol. The molecule has 4 nitrogen and oxygen atoms in total. The summed E-state index contributed by atoms with van der Waals surface area (Å²) in [4.78, 5) is 13.1. The molecule has 0 unspecified atom stereocenters. The van der Waals surface area contributed by atoms with Crippen molar-refractivity contribution in [3.8, 4) is 0 Å². The number of carbonyl (C=O) groups excluding carboxylic acids is 1. The van der Waals surface area contributed by atoms with Crippen LogP contribution in [0.15, 0.2) is 0 Å². The molecule has 4 N–H and O–H groups in total. The highest BCUT2D eigenvalue weighted by Gasteiger charge is 2.31. The molecule has 0 atom stereocenters. The molecule has 13 heavy (non-hydrogen) atoms. The van der Waals surface area contributed by atoms with E-state index in [9.17, 15) is 4.79 Å². The molecular formula is C9H19N3O. The molecule has 1 aliphatic heterocycles. The lowest BCUT2D eigenvalue weighted by atomic mass is 9.85. The van der Waals surface area contributed by atoms with Crippen LogP contribution in [0.2, 0.25) is 0 Å². The first-order chi connectivity index (χ1) is 6.06. The molecule has 0 spiro atoms. The highest BCUT2D eigenvalue weighted by molar-refractivity contribution is 5.75. The molecule has 1 fully saturated rings. The Balaban J connectivity index is 2.41. The van der Waals surface area contributed by atoms with Gasteiger partial charge in [0.1, 0.15) is 0 Å². The largest absolute Gasteiger partial charge is 0.370 e. The molecule has 0 saturated carbocycles. The van der Waals surface area contributed by atoms with Crippen LogP contribution >= 0.6 is 0 Å². The second-order valence-electron chi connectivity index (χ2n) is 3.94. The van der Waals surface area contributed by atoms with Gasteiger partial charge in [-0.1, -0.05) is 6.92 Å². The maximum absolute atomic E-state index is 10.8. The third-order valence-electron chi connectivity index (χ3n) is 2.83. The van der Waals surface area contributed by atoms with Crippen LogP contribution in [0.1, 0.15) is 26.2 Å². The number of hydrogen-bond donors (Lipinski definition) is 2. The summed E-state index contributed by atoms with van der Waals surface area (Å²) in [7, 11) is 0. The normalized spacial score (nSPS) is 22.9. The van der Waals surface area contributed by atoms with Crippen molar-refractivity contribution in [2.45, 2.75) is 31.7 Å². The molecule has 0 aromatic carbocycles. The molecule has 1 heterocycles. The van der Waals surface area contributed by atoms with Gasteiger partial charge in [-0.2, -0.15) is 0 Å². The van der Waals surface area contributed by atoms with E-state index in [4.69, 9.17) is 11.5 Å². The highest BCUT2D eigenvalue weighted by atomic mass is 16.1. The minimum absolute atomic E-state index is 0.285. The molecule has 0 aromatic heterocycles. The van der Waals surface area contributed by atoms with Crippen LogP contribution in [-0.4, -0.2) is 36.0 Å². The van der Waals surface area contributed by atoms with E-state index in [0.29, 0.717) is 6.42 Å². The first-order valence-corrected chi connectivity index (χ1v) is 4.85. The maximum Gasteiger partial charge on any atom is 0.219 e. The summed E-state index contributed by atoms with van der Waals surface area (Å²) in [5.41, 5.74) is 10.9. The van der Waals surface area contributed by atoms with Gasteiger partial charge in [-0.15, -0.1) is 0 Å². The zero-order chi connectivity index (χ0) is 9.90. The Morgan fingerprint density at radius 2 is 2.00 bits per heavy atom. The fourth-order valence-corrected chi connectivity index (χ4v) is 1.84. The number of primary amides is 1. The van der Waals surface area contributed by atoms with Crippen molar-refractivity contribution in [1.82, 2.24) is 4.90 Å². The minimum atomic E-state index is -0.336. The van der Waals surface area contributed by atoms with Crippen molar-refractivity contribution in [1.29, 1.82) is 0 Å². The quantitative estimate of drug-likeness (QED) is 0.632. The van der Waals surface area contributed by atoms with Gasteiger partial charge in [0, 0.05) is 12.0 Å². The lowest BCUT2D eigenvalue weighted by Crippen LogP contribution is -2.52. The molecule has 0 aromatic rings. The zero-order valence-electron chi connectivity index (χ0n) is 8.25. The van der Waals surface area contributed by atoms with Crippen LogP contribution < -0.4 is 11.5 Å². The van der Waals surface area contributed by atoms with Gasteiger partial charge < -0.3 is 16.4 Å². The van der Waals surface area contributed by atoms with E-state index in [1.807, 2.05) is 0 Å². The predicted octanol–water partition coefficient (Wildman–Crippen LogP) is -0.325. The average Bonchev–Trinajstić information content (AvgIpc) is 2.04. The van der Waals surface area contributed by atoms with E-state index in [1.54, 1.807) is 0 Å². The summed E-state index contributed by atoms with van der Waals surface area (Å²) >= 11 is 0. The number of amides is 1. The molecule has 1 aliphatic rings. The third kappa shape index (κ3) is 2.97. The van der Waals surface area contributed by atoms with Crippen LogP contribution in [-0.2, 0) is 4.79 Å². The van der Waals surface area contributed by atoms with E-state index in [0.717, 1.165) is 32.5 Å². The third-order valence-corrected chi connectivity index (χ3v) is 2.83. The number of likely N-dealkylation sites (tertiary alicyclic amines) is 1. The SMILES string of the molecule is CCN1CCC(N)(CC(N)=O)CC1. The molecule has 76 valence electrons. The van der Waals surface area contributed by atoms with E-state index in [1.165, 1.54) is 0 Å². The van der Waals surface area contributed by atoms with E-state index >= 15 is 0 Å². The van der Waals surface area contributed by atoms with E-state index in [-0.39, 0.29) is 11.4 Å². The standard InChI is InChI=1S/C9H19N3O/c1-2-12-5-3-9(11,4-6-12)7-8(10)13/h2-7,11H2,1H3,(H2,10,13). The second kappa shape index (κ2) is 4.07. The summed E-state index contributed by atoms with van der Waals surface area (Å²) in [6.45, 7) is 5.17. The van der Waals surface area contributed by atoms with Gasteiger partial charge in [0.2, 0.25) is 5.91 Å². The summed E-state index contributed by atoms with van der Waals surface area (Å²) in [6.07, 6.45) is 2.08. The van der Waals surface area contributed by atoms with Crippen LogP contribution in [0, 0.1) is 0 Å². The van der Waals surface area contributed by atoms with Gasteiger partial charge in [0.05, 0.1) is 0 Å². The number of nitrogens with two attached hydrogens (primary N) is 2. The van der Waals surface area contributed by atoms with Crippen molar-refractivity contribution in [3.05, 3.63) is 0 Å². The summed E-state index contributed by atoms with van der Waals surface area (Å²) in [5, 5.41) is 0. The van der Waals surface area contributed by atoms with Crippen molar-refractivity contribution in [3.63, 3.8) is 0 Å². The molecule has 4 heteroatoms. The number of nitrogens with zero attached hydrogens (tertiary/aromatic N) is 1. The Bertz CT molecular complexity index is 185. The van der Waals surface area contributed by atoms with Gasteiger partial charge in [-0.05, 0) is 32.5 Å². The van der Waals surface area contributed by atoms with Crippen LogP contribution in [0.4, 0.5) is 0 Å². The first kappa shape index (κ1) is 10.5. The van der Waals surface area contributed by atoms with E-state index in [2.05, 4.69) is 11.8 Å². The average molecular weight is 185 g/mol. The first-order valence-electron chi connectivity index (χ1n) is 4.85. The number of carbonyl (C=O) groups is 1.